The number of aromatic carboxylic acids is 1. The Morgan fingerprint density at radius 3 is 1.90 bits per heavy atom. The van der Waals surface area contributed by atoms with E-state index in [2.05, 4.69) is 20.6 Å². The van der Waals surface area contributed by atoms with Crippen molar-refractivity contribution in [3.63, 3.8) is 0 Å². The molecule has 0 atom stereocenters. The average Bonchev–Trinajstić information content (AvgIpc) is 3.24. The van der Waals surface area contributed by atoms with Gasteiger partial charge in [0.25, 0.3) is 0 Å². The lowest BCUT2D eigenvalue weighted by Crippen LogP contribution is -2.17. The summed E-state index contributed by atoms with van der Waals surface area (Å²) >= 11 is 6.67. The minimum Gasteiger partial charge on any atom is -0.507 e. The first kappa shape index (κ1) is 37.4. The molecule has 8 rings (SSSR count). The number of rotatable bonds is 10. The lowest BCUT2D eigenvalue weighted by molar-refractivity contribution is 0.0586. The van der Waals surface area contributed by atoms with Gasteiger partial charge in [-0.1, -0.05) is 66.2 Å². The lowest BCUT2D eigenvalue weighted by Gasteiger charge is -2.21. The summed E-state index contributed by atoms with van der Waals surface area (Å²) < 4.78 is 16.4. The second kappa shape index (κ2) is 15.2. The van der Waals surface area contributed by atoms with Gasteiger partial charge >= 0.3 is 17.9 Å². The number of nitrogens with one attached hydrogen (secondary N) is 2. The fourth-order valence-electron chi connectivity index (χ4n) is 7.04. The van der Waals surface area contributed by atoms with Crippen molar-refractivity contribution < 1.29 is 38.5 Å². The van der Waals surface area contributed by atoms with Crippen molar-refractivity contribution in [3.05, 3.63) is 146 Å². The summed E-state index contributed by atoms with van der Waals surface area (Å²) in [7, 11) is 2.53. The number of fused-ring (bicyclic) bond motifs is 4. The van der Waals surface area contributed by atoms with Crippen molar-refractivity contribution in [3.8, 4) is 28.2 Å². The van der Waals surface area contributed by atoms with E-state index in [4.69, 9.17) is 25.5 Å². The van der Waals surface area contributed by atoms with E-state index in [0.29, 0.717) is 44.5 Å². The van der Waals surface area contributed by atoms with Crippen LogP contribution >= 0.6 is 11.6 Å². The van der Waals surface area contributed by atoms with Gasteiger partial charge in [-0.05, 0) is 54.1 Å². The van der Waals surface area contributed by atoms with Crippen LogP contribution in [-0.4, -0.2) is 52.3 Å². The number of carbonyl (C=O) groups excluding carboxylic acids is 2. The summed E-state index contributed by atoms with van der Waals surface area (Å²) in [6.07, 6.45) is 0. The zero-order chi connectivity index (χ0) is 40.7. The predicted octanol–water partition coefficient (Wildman–Crippen LogP) is 8.52. The monoisotopic (exact) mass is 794 g/mol. The average molecular weight is 795 g/mol. The Labute approximate surface area is 333 Å². The Kier molecular flexibility index (Phi) is 9.81. The first-order chi connectivity index (χ1) is 28.1. The molecule has 0 radical (unpaired) electrons. The normalized spacial score (nSPS) is 11.2. The number of halogens is 1. The first-order valence-corrected chi connectivity index (χ1v) is 18.1. The van der Waals surface area contributed by atoms with Gasteiger partial charge in [0.05, 0.1) is 58.3 Å². The van der Waals surface area contributed by atoms with Crippen molar-refractivity contribution in [1.82, 2.24) is 9.97 Å². The Morgan fingerprint density at radius 1 is 0.724 bits per heavy atom. The molecule has 1 aliphatic carbocycles. The number of aromatic nitrogens is 2. The van der Waals surface area contributed by atoms with Crippen LogP contribution in [0.3, 0.4) is 0 Å². The summed E-state index contributed by atoms with van der Waals surface area (Å²) in [5.74, 6) is -2.46. The molecule has 58 heavy (non-hydrogen) atoms. The number of benzene rings is 5. The minimum atomic E-state index is -1.18. The smallest absolute Gasteiger partial charge is 0.356 e. The van der Waals surface area contributed by atoms with Crippen LogP contribution in [0, 0.1) is 0 Å². The molecule has 288 valence electrons. The fraction of sp³-hybridized carbons (Fsp3) is 0.0909. The van der Waals surface area contributed by atoms with Crippen LogP contribution in [0.25, 0.3) is 55.2 Å². The van der Waals surface area contributed by atoms with Gasteiger partial charge in [0.15, 0.2) is 0 Å². The summed E-state index contributed by atoms with van der Waals surface area (Å²) in [5.41, 5.74) is 3.22. The second-order valence-electron chi connectivity index (χ2n) is 13.1. The molecule has 13 nitrogen and oxygen atoms in total. The largest absolute Gasteiger partial charge is 0.507 e. The molecule has 4 aromatic carbocycles. The third-order valence-corrected chi connectivity index (χ3v) is 10.1. The van der Waals surface area contributed by atoms with Crippen LogP contribution in [0.1, 0.15) is 42.5 Å². The van der Waals surface area contributed by atoms with Crippen LogP contribution in [0.2, 0.25) is 5.02 Å². The molecule has 1 aliphatic heterocycles. The highest BCUT2D eigenvalue weighted by Crippen LogP contribution is 2.46. The molecule has 0 saturated heterocycles. The molecule has 0 spiro atoms. The predicted molar refractivity (Wildman–Crippen MR) is 219 cm³/mol. The van der Waals surface area contributed by atoms with Gasteiger partial charge in [-0.2, -0.15) is 0 Å². The molecule has 0 amide bonds. The zero-order valence-electron chi connectivity index (χ0n) is 30.8. The van der Waals surface area contributed by atoms with E-state index >= 15 is 0 Å². The molecular weight excluding hydrogens is 764 g/mol. The number of hydrogen-bond acceptors (Lipinski definition) is 12. The van der Waals surface area contributed by atoms with Gasteiger partial charge in [-0.3, -0.25) is 4.79 Å². The van der Waals surface area contributed by atoms with Crippen LogP contribution in [0.5, 0.6) is 5.75 Å². The molecule has 14 heteroatoms. The van der Waals surface area contributed by atoms with Crippen LogP contribution in [0.4, 0.5) is 11.4 Å². The highest BCUT2D eigenvalue weighted by Gasteiger charge is 2.28. The molecule has 6 aromatic rings. The summed E-state index contributed by atoms with van der Waals surface area (Å²) in [5, 5.41) is 30.1. The summed E-state index contributed by atoms with van der Waals surface area (Å²) in [6, 6.07) is 28.4. The highest BCUT2D eigenvalue weighted by atomic mass is 35.5. The topological polar surface area (TPSA) is 190 Å². The van der Waals surface area contributed by atoms with Crippen LogP contribution in [-0.2, 0) is 22.6 Å². The molecule has 4 N–H and O–H groups in total. The number of aromatic hydroxyl groups is 1. The number of esters is 2. The van der Waals surface area contributed by atoms with E-state index in [0.717, 1.165) is 10.8 Å². The summed E-state index contributed by atoms with van der Waals surface area (Å²) in [6.45, 7) is -0.165. The van der Waals surface area contributed by atoms with Crippen molar-refractivity contribution >= 4 is 73.7 Å². The molecule has 0 saturated carbocycles. The molecule has 2 aromatic heterocycles. The molecule has 0 unspecified atom stereocenters. The molecule has 0 bridgehead atoms. The fourth-order valence-corrected chi connectivity index (χ4v) is 7.26. The number of pyridine rings is 2. The number of carboxylic acids is 1. The SMILES string of the molecule is COC(=O)c1ccc2cccc(NCc3c4oc5c(CNc6cccc7ccc(C(=O)OC)nc67)c(O)ccc5c(-c5ccccc5C(=O)O)c-4cc(Cl)c3=O)c2n1. The second-order valence-corrected chi connectivity index (χ2v) is 13.6. The Morgan fingerprint density at radius 2 is 1.31 bits per heavy atom. The van der Waals surface area contributed by atoms with Crippen LogP contribution in [0.15, 0.2) is 112 Å². The summed E-state index contributed by atoms with van der Waals surface area (Å²) in [4.78, 5) is 60.3. The third kappa shape index (κ3) is 6.62. The Bertz CT molecular complexity index is 3020. The maximum atomic E-state index is 14.0. The van der Waals surface area contributed by atoms with Gasteiger partial charge in [0.2, 0.25) is 5.43 Å². The van der Waals surface area contributed by atoms with Gasteiger partial charge in [0, 0.05) is 40.4 Å². The maximum Gasteiger partial charge on any atom is 0.356 e. The zero-order valence-corrected chi connectivity index (χ0v) is 31.5. The van der Waals surface area contributed by atoms with E-state index in [1.165, 1.54) is 32.4 Å². The first-order valence-electron chi connectivity index (χ1n) is 17.8. The van der Waals surface area contributed by atoms with Crippen molar-refractivity contribution in [2.45, 2.75) is 13.1 Å². The number of hydrogen-bond donors (Lipinski definition) is 4. The Balaban J connectivity index is 1.32. The number of carboxylic acid groups (broad SMARTS) is 1. The number of methoxy groups -OCH3 is 2. The third-order valence-electron chi connectivity index (χ3n) is 9.83. The quantitative estimate of drug-likeness (QED) is 0.0762. The van der Waals surface area contributed by atoms with Gasteiger partial charge in [-0.15, -0.1) is 0 Å². The van der Waals surface area contributed by atoms with E-state index in [9.17, 15) is 29.4 Å². The number of anilines is 2. The number of para-hydroxylation sites is 2. The van der Waals surface area contributed by atoms with Gasteiger partial charge < -0.3 is 34.7 Å². The van der Waals surface area contributed by atoms with Crippen molar-refractivity contribution in [2.75, 3.05) is 24.9 Å². The highest BCUT2D eigenvalue weighted by molar-refractivity contribution is 6.31. The van der Waals surface area contributed by atoms with Crippen molar-refractivity contribution in [1.29, 1.82) is 0 Å². The number of carbonyl (C=O) groups is 3. The maximum absolute atomic E-state index is 14.0. The van der Waals surface area contributed by atoms with Gasteiger partial charge in [-0.25, -0.2) is 24.4 Å². The van der Waals surface area contributed by atoms with E-state index in [1.54, 1.807) is 66.7 Å². The molecule has 0 fully saturated rings. The van der Waals surface area contributed by atoms with Crippen LogP contribution < -0.4 is 16.1 Å². The van der Waals surface area contributed by atoms with E-state index in [-0.39, 0.29) is 63.3 Å². The molecular formula is C44H31ClN4O9. The van der Waals surface area contributed by atoms with E-state index in [1.807, 2.05) is 18.2 Å². The number of phenols is 1. The van der Waals surface area contributed by atoms with Crippen molar-refractivity contribution in [2.24, 2.45) is 0 Å². The number of phenolic OH excluding ortho intramolecular Hbond substituents is 1. The Hall–Kier alpha value is -7.51. The lowest BCUT2D eigenvalue weighted by atomic mass is 9.88. The molecule has 2 aliphatic rings. The number of nitrogens with zero attached hydrogens (tertiary/aromatic N) is 2. The van der Waals surface area contributed by atoms with Gasteiger partial charge in [0.1, 0.15) is 28.5 Å². The van der Waals surface area contributed by atoms with E-state index < -0.39 is 23.3 Å². The minimum absolute atomic E-state index is 0.0162. The standard InChI is InChI=1S/C44H31ClN4O9/c1-56-43(54)33-16-13-22-7-5-11-31(37(22)48-33)46-20-28-35(50)18-15-26-36(24-9-3-4-10-25(24)42(52)53)27-19-30(45)39(51)29(41(27)58-40(26)28)21-47-32-12-6-8-23-14-17-34(44(55)57-2)49-38(23)32/h3-19,46-47,50H,20-21H2,1-2H3,(H,52,53). The molecule has 3 heterocycles. The number of ether oxygens (including phenoxy) is 2.